The number of fused-ring (bicyclic) bond motifs is 3. The van der Waals surface area contributed by atoms with Gasteiger partial charge in [0.15, 0.2) is 0 Å². The topological polar surface area (TPSA) is 105 Å². The molecule has 0 bridgehead atoms. The van der Waals surface area contributed by atoms with E-state index in [2.05, 4.69) is 29.6 Å². The molecule has 1 saturated carbocycles. The number of carboxylic acid groups (broad SMARTS) is 1. The van der Waals surface area contributed by atoms with Crippen molar-refractivity contribution in [1.29, 1.82) is 0 Å². The van der Waals surface area contributed by atoms with Crippen molar-refractivity contribution in [3.8, 4) is 11.1 Å². The Bertz CT molecular complexity index is 1080. The van der Waals surface area contributed by atoms with Crippen LogP contribution in [-0.4, -0.2) is 66.4 Å². The highest BCUT2D eigenvalue weighted by atomic mass is 16.5. The van der Waals surface area contributed by atoms with Crippen LogP contribution in [0.3, 0.4) is 0 Å². The Hall–Kier alpha value is -3.39. The van der Waals surface area contributed by atoms with Gasteiger partial charge in [-0.25, -0.2) is 4.79 Å². The van der Waals surface area contributed by atoms with Crippen molar-refractivity contribution < 1.29 is 29.0 Å². The molecule has 2 atom stereocenters. The third-order valence-corrected chi connectivity index (χ3v) is 7.54. The van der Waals surface area contributed by atoms with Crippen molar-refractivity contribution in [2.75, 3.05) is 26.4 Å². The summed E-state index contributed by atoms with van der Waals surface area (Å²) in [6.07, 6.45) is 0.556. The van der Waals surface area contributed by atoms with E-state index in [9.17, 15) is 19.5 Å². The Balaban J connectivity index is 1.13. The second-order valence-electron chi connectivity index (χ2n) is 9.51. The van der Waals surface area contributed by atoms with Gasteiger partial charge in [-0.1, -0.05) is 48.5 Å². The lowest BCUT2D eigenvalue weighted by Gasteiger charge is -2.39. The highest BCUT2D eigenvalue weighted by molar-refractivity contribution is 5.82. The molecule has 8 heteroatoms. The first kappa shape index (κ1) is 23.4. The lowest BCUT2D eigenvalue weighted by molar-refractivity contribution is -0.147. The van der Waals surface area contributed by atoms with Crippen LogP contribution in [0.2, 0.25) is 0 Å². The van der Waals surface area contributed by atoms with E-state index in [1.165, 1.54) is 11.1 Å². The number of ether oxygens (including phenoxy) is 2. The number of hydrogen-bond donors (Lipinski definition) is 2. The maximum Gasteiger partial charge on any atom is 0.407 e. The third-order valence-electron chi connectivity index (χ3n) is 7.54. The maximum atomic E-state index is 13.0. The van der Waals surface area contributed by atoms with E-state index in [0.717, 1.165) is 11.1 Å². The molecule has 2 aliphatic carbocycles. The van der Waals surface area contributed by atoms with Crippen LogP contribution in [0.5, 0.6) is 0 Å². The molecule has 3 aliphatic rings. The summed E-state index contributed by atoms with van der Waals surface area (Å²) in [4.78, 5) is 38.6. The van der Waals surface area contributed by atoms with E-state index in [1.807, 2.05) is 31.2 Å². The molecular weight excluding hydrogens is 448 g/mol. The molecule has 184 valence electrons. The van der Waals surface area contributed by atoms with Crippen LogP contribution in [0.15, 0.2) is 48.5 Å². The number of nitrogens with one attached hydrogen (secondary N) is 1. The molecule has 2 N–H and O–H groups in total. The van der Waals surface area contributed by atoms with Gasteiger partial charge in [0.05, 0.1) is 19.3 Å². The van der Waals surface area contributed by atoms with Gasteiger partial charge in [-0.3, -0.25) is 9.59 Å². The van der Waals surface area contributed by atoms with E-state index in [0.29, 0.717) is 19.4 Å². The first-order chi connectivity index (χ1) is 17.0. The van der Waals surface area contributed by atoms with Crippen LogP contribution in [0.1, 0.15) is 36.8 Å². The zero-order valence-corrected chi connectivity index (χ0v) is 19.7. The van der Waals surface area contributed by atoms with Crippen molar-refractivity contribution in [1.82, 2.24) is 10.2 Å². The fourth-order valence-electron chi connectivity index (χ4n) is 5.62. The summed E-state index contributed by atoms with van der Waals surface area (Å²) in [5, 5.41) is 12.3. The van der Waals surface area contributed by atoms with Crippen molar-refractivity contribution in [3.05, 3.63) is 59.7 Å². The Morgan fingerprint density at radius 2 is 1.66 bits per heavy atom. The predicted octanol–water partition coefficient (Wildman–Crippen LogP) is 3.25. The molecule has 0 radical (unpaired) electrons. The minimum Gasteiger partial charge on any atom is -0.481 e. The van der Waals surface area contributed by atoms with E-state index >= 15 is 0 Å². The quantitative estimate of drug-likeness (QED) is 0.633. The molecule has 1 heterocycles. The molecule has 5 rings (SSSR count). The first-order valence-corrected chi connectivity index (χ1v) is 12.2. The zero-order valence-electron chi connectivity index (χ0n) is 19.7. The average molecular weight is 479 g/mol. The number of aliphatic carboxylic acids is 1. The molecule has 2 fully saturated rings. The number of likely N-dealkylation sites (N-methyl/N-ethyl adjacent to an activating group) is 1. The molecule has 1 saturated heterocycles. The third kappa shape index (κ3) is 4.38. The van der Waals surface area contributed by atoms with E-state index in [4.69, 9.17) is 9.47 Å². The molecule has 35 heavy (non-hydrogen) atoms. The molecule has 0 aromatic heterocycles. The van der Waals surface area contributed by atoms with Gasteiger partial charge in [0.25, 0.3) is 0 Å². The van der Waals surface area contributed by atoms with E-state index in [1.54, 1.807) is 4.90 Å². The number of amides is 2. The van der Waals surface area contributed by atoms with Crippen molar-refractivity contribution in [2.24, 2.45) is 11.8 Å². The summed E-state index contributed by atoms with van der Waals surface area (Å²) >= 11 is 0. The summed E-state index contributed by atoms with van der Waals surface area (Å²) in [6, 6.07) is 15.8. The Kier molecular flexibility index (Phi) is 6.47. The monoisotopic (exact) mass is 478 g/mol. The fraction of sp³-hybridized carbons (Fsp3) is 0.444. The van der Waals surface area contributed by atoms with E-state index in [-0.39, 0.29) is 43.6 Å². The normalized spacial score (nSPS) is 24.7. The predicted molar refractivity (Wildman–Crippen MR) is 128 cm³/mol. The van der Waals surface area contributed by atoms with Crippen molar-refractivity contribution in [3.63, 3.8) is 0 Å². The second-order valence-corrected chi connectivity index (χ2v) is 9.51. The van der Waals surface area contributed by atoms with Gasteiger partial charge in [-0.2, -0.15) is 0 Å². The lowest BCUT2D eigenvalue weighted by Crippen LogP contribution is -2.54. The Morgan fingerprint density at radius 3 is 2.26 bits per heavy atom. The number of benzene rings is 2. The van der Waals surface area contributed by atoms with Gasteiger partial charge in [0.1, 0.15) is 12.5 Å². The standard InChI is InChI=1S/C27H30N2O6/c1-2-29(24-15-34-13-23(24)26(31)32)25(30)16-11-17(12-16)28-27(33)35-14-22-20-9-5-3-7-18(20)19-8-4-6-10-21(19)22/h3-10,16-17,22-24H,2,11-15H2,1H3,(H,28,33)(H,31,32). The number of alkyl carbamates (subject to hydrolysis) is 1. The van der Waals surface area contributed by atoms with Gasteiger partial charge in [0.2, 0.25) is 5.91 Å². The van der Waals surface area contributed by atoms with Gasteiger partial charge in [-0.05, 0) is 42.0 Å². The minimum absolute atomic E-state index is 0.00205. The first-order valence-electron chi connectivity index (χ1n) is 12.2. The van der Waals surface area contributed by atoms with Gasteiger partial charge in [-0.15, -0.1) is 0 Å². The molecule has 2 unspecified atom stereocenters. The molecule has 2 amide bonds. The Morgan fingerprint density at radius 1 is 1.03 bits per heavy atom. The van der Waals surface area contributed by atoms with Gasteiger partial charge in [0, 0.05) is 24.4 Å². The number of carboxylic acids is 1. The smallest absolute Gasteiger partial charge is 0.407 e. The summed E-state index contributed by atoms with van der Waals surface area (Å²) in [5.41, 5.74) is 4.67. The molecule has 2 aromatic rings. The SMILES string of the molecule is CCN(C(=O)C1CC(NC(=O)OCC2c3ccccc3-c3ccccc32)C1)C1COCC1C(=O)O. The number of hydrogen-bond acceptors (Lipinski definition) is 5. The van der Waals surface area contributed by atoms with Crippen LogP contribution in [0.4, 0.5) is 4.79 Å². The van der Waals surface area contributed by atoms with Crippen LogP contribution < -0.4 is 5.32 Å². The number of carbonyl (C=O) groups excluding carboxylic acids is 2. The van der Waals surface area contributed by atoms with Gasteiger partial charge >= 0.3 is 12.1 Å². The zero-order chi connectivity index (χ0) is 24.5. The average Bonchev–Trinajstić information content (AvgIpc) is 3.44. The fourth-order valence-corrected chi connectivity index (χ4v) is 5.62. The number of carbonyl (C=O) groups is 3. The summed E-state index contributed by atoms with van der Waals surface area (Å²) in [6.45, 7) is 2.89. The number of rotatable bonds is 7. The molecule has 2 aromatic carbocycles. The highest BCUT2D eigenvalue weighted by Crippen LogP contribution is 2.44. The van der Waals surface area contributed by atoms with E-state index < -0.39 is 24.0 Å². The number of nitrogens with zero attached hydrogens (tertiary/aromatic N) is 1. The molecule has 0 spiro atoms. The maximum absolute atomic E-state index is 13.0. The molecular formula is C27H30N2O6. The minimum atomic E-state index is -0.942. The van der Waals surface area contributed by atoms with Crippen molar-refractivity contribution >= 4 is 18.0 Å². The van der Waals surface area contributed by atoms with Gasteiger partial charge < -0.3 is 24.8 Å². The second kappa shape index (κ2) is 9.70. The summed E-state index contributed by atoms with van der Waals surface area (Å²) in [7, 11) is 0. The lowest BCUT2D eigenvalue weighted by atomic mass is 9.79. The largest absolute Gasteiger partial charge is 0.481 e. The van der Waals surface area contributed by atoms with Crippen LogP contribution in [0.25, 0.3) is 11.1 Å². The van der Waals surface area contributed by atoms with Crippen molar-refractivity contribution in [2.45, 2.75) is 37.8 Å². The highest BCUT2D eigenvalue weighted by Gasteiger charge is 2.44. The Labute approximate surface area is 204 Å². The summed E-state index contributed by atoms with van der Waals surface area (Å²) < 4.78 is 10.9. The van der Waals surface area contributed by atoms with Crippen LogP contribution >= 0.6 is 0 Å². The van der Waals surface area contributed by atoms with Crippen LogP contribution in [-0.2, 0) is 19.1 Å². The van der Waals surface area contributed by atoms with Crippen LogP contribution in [0, 0.1) is 11.8 Å². The summed E-state index contributed by atoms with van der Waals surface area (Å²) in [5.74, 6) is -1.95. The molecule has 8 nitrogen and oxygen atoms in total. The molecule has 1 aliphatic heterocycles.